The van der Waals surface area contributed by atoms with Gasteiger partial charge in [-0.1, -0.05) is 60.5 Å². The molecule has 2 aromatic carbocycles. The van der Waals surface area contributed by atoms with Crippen LogP contribution >= 0.6 is 0 Å². The van der Waals surface area contributed by atoms with Gasteiger partial charge in [0.25, 0.3) is 0 Å². The summed E-state index contributed by atoms with van der Waals surface area (Å²) in [6.07, 6.45) is 2.34. The first-order valence-corrected chi connectivity index (χ1v) is 8.05. The fourth-order valence-electron chi connectivity index (χ4n) is 3.72. The van der Waals surface area contributed by atoms with Gasteiger partial charge >= 0.3 is 0 Å². The number of benzene rings is 2. The number of hydrogen-bond acceptors (Lipinski definition) is 1. The molecule has 0 aromatic heterocycles. The Hall–Kier alpha value is -1.60. The molecule has 1 heteroatoms. The van der Waals surface area contributed by atoms with Gasteiger partial charge in [-0.3, -0.25) is 0 Å². The van der Waals surface area contributed by atoms with Crippen LogP contribution in [0.3, 0.4) is 0 Å². The standard InChI is InChI=1S/C20H25N/c1-4-21-20(12-16-10-14(2)9-15(3)11-16)19-13-17-7-5-6-8-18(17)19/h5-11,19-21H,4,12-13H2,1-3H3. The minimum atomic E-state index is 0.547. The predicted octanol–water partition coefficient (Wildman–Crippen LogP) is 4.16. The Morgan fingerprint density at radius 2 is 1.81 bits per heavy atom. The van der Waals surface area contributed by atoms with Gasteiger partial charge < -0.3 is 5.32 Å². The van der Waals surface area contributed by atoms with Crippen molar-refractivity contribution in [2.45, 2.75) is 45.6 Å². The highest BCUT2D eigenvalue weighted by Crippen LogP contribution is 2.38. The van der Waals surface area contributed by atoms with Gasteiger partial charge in [-0.15, -0.1) is 0 Å². The lowest BCUT2D eigenvalue weighted by molar-refractivity contribution is 0.404. The molecule has 0 heterocycles. The third-order valence-corrected chi connectivity index (χ3v) is 4.58. The molecule has 0 saturated carbocycles. The van der Waals surface area contributed by atoms with Gasteiger partial charge in [0, 0.05) is 12.0 Å². The Bertz CT molecular complexity index is 609. The van der Waals surface area contributed by atoms with Gasteiger partial charge in [-0.05, 0) is 49.9 Å². The average Bonchev–Trinajstić information content (AvgIpc) is 2.39. The maximum atomic E-state index is 3.71. The lowest BCUT2D eigenvalue weighted by Crippen LogP contribution is -2.41. The topological polar surface area (TPSA) is 12.0 Å². The van der Waals surface area contributed by atoms with Gasteiger partial charge in [0.2, 0.25) is 0 Å². The highest BCUT2D eigenvalue weighted by Gasteiger charge is 2.32. The summed E-state index contributed by atoms with van der Waals surface area (Å²) >= 11 is 0. The Labute approximate surface area is 128 Å². The van der Waals surface area contributed by atoms with E-state index >= 15 is 0 Å². The third kappa shape index (κ3) is 3.03. The summed E-state index contributed by atoms with van der Waals surface area (Å²) in [5, 5.41) is 3.71. The maximum absolute atomic E-state index is 3.71. The molecule has 1 N–H and O–H groups in total. The van der Waals surface area contributed by atoms with Crippen LogP contribution in [0.4, 0.5) is 0 Å². The molecule has 0 spiro atoms. The van der Waals surface area contributed by atoms with Crippen LogP contribution in [0, 0.1) is 13.8 Å². The second-order valence-electron chi connectivity index (χ2n) is 6.37. The third-order valence-electron chi connectivity index (χ3n) is 4.58. The number of likely N-dealkylation sites (N-methyl/N-ethyl adjacent to an activating group) is 1. The Morgan fingerprint density at radius 1 is 1.10 bits per heavy atom. The van der Waals surface area contributed by atoms with Crippen LogP contribution in [0.1, 0.15) is 40.7 Å². The normalized spacial score (nSPS) is 18.0. The number of aryl methyl sites for hydroxylation is 2. The SMILES string of the molecule is CCNC(Cc1cc(C)cc(C)c1)C1Cc2ccccc21. The van der Waals surface area contributed by atoms with Crippen LogP contribution in [0.2, 0.25) is 0 Å². The fourth-order valence-corrected chi connectivity index (χ4v) is 3.72. The van der Waals surface area contributed by atoms with Gasteiger partial charge in [-0.25, -0.2) is 0 Å². The van der Waals surface area contributed by atoms with Crippen molar-refractivity contribution in [2.24, 2.45) is 0 Å². The van der Waals surface area contributed by atoms with Crippen LogP contribution < -0.4 is 5.32 Å². The lowest BCUT2D eigenvalue weighted by atomic mass is 9.72. The molecule has 0 aliphatic heterocycles. The molecule has 0 bridgehead atoms. The first-order chi connectivity index (χ1) is 10.2. The Balaban J connectivity index is 1.80. The molecule has 2 aromatic rings. The van der Waals surface area contributed by atoms with E-state index in [2.05, 4.69) is 68.6 Å². The summed E-state index contributed by atoms with van der Waals surface area (Å²) < 4.78 is 0. The highest BCUT2D eigenvalue weighted by molar-refractivity contribution is 5.42. The molecule has 2 unspecified atom stereocenters. The van der Waals surface area contributed by atoms with Crippen molar-refractivity contribution in [1.82, 2.24) is 5.32 Å². The van der Waals surface area contributed by atoms with E-state index in [0.29, 0.717) is 12.0 Å². The first-order valence-electron chi connectivity index (χ1n) is 8.05. The maximum Gasteiger partial charge on any atom is 0.0179 e. The molecule has 21 heavy (non-hydrogen) atoms. The molecule has 0 fully saturated rings. The van der Waals surface area contributed by atoms with Crippen molar-refractivity contribution in [3.63, 3.8) is 0 Å². The fraction of sp³-hybridized carbons (Fsp3) is 0.400. The Kier molecular flexibility index (Phi) is 4.12. The molecule has 1 nitrogen and oxygen atoms in total. The van der Waals surface area contributed by atoms with E-state index in [1.807, 2.05) is 0 Å². The highest BCUT2D eigenvalue weighted by atomic mass is 14.9. The van der Waals surface area contributed by atoms with Crippen molar-refractivity contribution in [3.8, 4) is 0 Å². The molecule has 110 valence electrons. The minimum absolute atomic E-state index is 0.547. The predicted molar refractivity (Wildman–Crippen MR) is 90.0 cm³/mol. The number of nitrogens with one attached hydrogen (secondary N) is 1. The molecule has 1 aliphatic rings. The van der Waals surface area contributed by atoms with Crippen LogP contribution in [0.15, 0.2) is 42.5 Å². The largest absolute Gasteiger partial charge is 0.313 e. The van der Waals surface area contributed by atoms with Crippen molar-refractivity contribution in [2.75, 3.05) is 6.54 Å². The zero-order chi connectivity index (χ0) is 14.8. The quantitative estimate of drug-likeness (QED) is 0.866. The zero-order valence-electron chi connectivity index (χ0n) is 13.3. The summed E-state index contributed by atoms with van der Waals surface area (Å²) in [5.41, 5.74) is 7.28. The number of hydrogen-bond donors (Lipinski definition) is 1. The van der Waals surface area contributed by atoms with Gasteiger partial charge in [0.15, 0.2) is 0 Å². The minimum Gasteiger partial charge on any atom is -0.313 e. The van der Waals surface area contributed by atoms with Gasteiger partial charge in [0.05, 0.1) is 0 Å². The summed E-state index contributed by atoms with van der Waals surface area (Å²) in [7, 11) is 0. The molecule has 0 saturated heterocycles. The average molecular weight is 279 g/mol. The summed E-state index contributed by atoms with van der Waals surface area (Å²) in [4.78, 5) is 0. The van der Waals surface area contributed by atoms with Crippen LogP contribution in [0.5, 0.6) is 0 Å². The van der Waals surface area contributed by atoms with Crippen molar-refractivity contribution >= 4 is 0 Å². The number of rotatable bonds is 5. The molecule has 0 amide bonds. The molecule has 3 rings (SSSR count). The van der Waals surface area contributed by atoms with Gasteiger partial charge in [-0.2, -0.15) is 0 Å². The van der Waals surface area contributed by atoms with E-state index in [0.717, 1.165) is 13.0 Å². The zero-order valence-corrected chi connectivity index (χ0v) is 13.3. The van der Waals surface area contributed by atoms with Crippen molar-refractivity contribution in [3.05, 3.63) is 70.3 Å². The van der Waals surface area contributed by atoms with Crippen LogP contribution in [-0.4, -0.2) is 12.6 Å². The molecule has 1 aliphatic carbocycles. The Morgan fingerprint density at radius 3 is 2.48 bits per heavy atom. The van der Waals surface area contributed by atoms with Crippen LogP contribution in [-0.2, 0) is 12.8 Å². The summed E-state index contributed by atoms with van der Waals surface area (Å²) in [6.45, 7) is 7.63. The molecule has 2 atom stereocenters. The van der Waals surface area contributed by atoms with Gasteiger partial charge in [0.1, 0.15) is 0 Å². The second-order valence-corrected chi connectivity index (χ2v) is 6.37. The number of fused-ring (bicyclic) bond motifs is 1. The molecular formula is C20H25N. The van der Waals surface area contributed by atoms with E-state index in [1.165, 1.54) is 28.7 Å². The summed E-state index contributed by atoms with van der Waals surface area (Å²) in [6, 6.07) is 16.4. The summed E-state index contributed by atoms with van der Waals surface area (Å²) in [5.74, 6) is 0.668. The monoisotopic (exact) mass is 279 g/mol. The van der Waals surface area contributed by atoms with E-state index in [9.17, 15) is 0 Å². The smallest absolute Gasteiger partial charge is 0.0179 e. The van der Waals surface area contributed by atoms with Crippen molar-refractivity contribution < 1.29 is 0 Å². The van der Waals surface area contributed by atoms with Crippen LogP contribution in [0.25, 0.3) is 0 Å². The molecule has 0 radical (unpaired) electrons. The molecular weight excluding hydrogens is 254 g/mol. The van der Waals surface area contributed by atoms with E-state index in [-0.39, 0.29) is 0 Å². The second kappa shape index (κ2) is 6.03. The van der Waals surface area contributed by atoms with Crippen molar-refractivity contribution in [1.29, 1.82) is 0 Å². The van der Waals surface area contributed by atoms with E-state index in [4.69, 9.17) is 0 Å². The lowest BCUT2D eigenvalue weighted by Gasteiger charge is -2.37. The van der Waals surface area contributed by atoms with E-state index < -0.39 is 0 Å². The first kappa shape index (κ1) is 14.3. The van der Waals surface area contributed by atoms with E-state index in [1.54, 1.807) is 5.56 Å².